The van der Waals surface area contributed by atoms with Gasteiger partial charge in [0.15, 0.2) is 11.5 Å². The number of hydrogen-bond acceptors (Lipinski definition) is 9. The normalized spacial score (nSPS) is 21.8. The summed E-state index contributed by atoms with van der Waals surface area (Å²) in [6.45, 7) is 7.55. The number of fused-ring (bicyclic) bond motifs is 4. The third-order valence-corrected chi connectivity index (χ3v) is 11.1. The topological polar surface area (TPSA) is 112 Å². The molecule has 1 amide bonds. The van der Waals surface area contributed by atoms with Crippen molar-refractivity contribution in [3.8, 4) is 11.8 Å². The summed E-state index contributed by atoms with van der Waals surface area (Å²) >= 11 is 0. The number of carbonyl (C=O) groups is 1. The van der Waals surface area contributed by atoms with E-state index in [9.17, 15) is 14.3 Å². The summed E-state index contributed by atoms with van der Waals surface area (Å²) in [7, 11) is 0. The van der Waals surface area contributed by atoms with Crippen LogP contribution in [-0.2, 0) is 32.5 Å². The lowest BCUT2D eigenvalue weighted by atomic mass is 9.95. The molecule has 0 saturated carbocycles. The third kappa shape index (κ3) is 5.90. The van der Waals surface area contributed by atoms with Gasteiger partial charge in [0.25, 0.3) is 5.91 Å². The second kappa shape index (κ2) is 13.2. The maximum absolute atomic E-state index is 15.8. The number of carbonyl (C=O) groups excluding carboxylic acids is 1. The average Bonchev–Trinajstić information content (AvgIpc) is 3.69. The molecule has 2 fully saturated rings. The summed E-state index contributed by atoms with van der Waals surface area (Å²) in [6, 6.07) is 6.62. The predicted molar refractivity (Wildman–Crippen MR) is 186 cm³/mol. The van der Waals surface area contributed by atoms with Crippen LogP contribution in [-0.4, -0.2) is 86.7 Å². The molecule has 4 aromatic rings. The quantitative estimate of drug-likeness (QED) is 0.260. The summed E-state index contributed by atoms with van der Waals surface area (Å²) in [4.78, 5) is 28.8. The second-order valence-electron chi connectivity index (χ2n) is 14.2. The molecule has 0 aliphatic carbocycles. The summed E-state index contributed by atoms with van der Waals surface area (Å²) in [5.41, 5.74) is 2.59. The summed E-state index contributed by atoms with van der Waals surface area (Å²) in [5, 5.41) is 19.2. The molecule has 0 unspecified atom stereocenters. The number of phenols is 1. The minimum absolute atomic E-state index is 0.0858. The molecular formula is C37H43F3N8O3. The van der Waals surface area contributed by atoms with E-state index in [1.54, 1.807) is 29.8 Å². The van der Waals surface area contributed by atoms with E-state index in [4.69, 9.17) is 14.7 Å². The van der Waals surface area contributed by atoms with Gasteiger partial charge < -0.3 is 25.0 Å². The van der Waals surface area contributed by atoms with Crippen LogP contribution in [0.2, 0.25) is 0 Å². The van der Waals surface area contributed by atoms with Gasteiger partial charge in [0, 0.05) is 61.8 Å². The molecule has 14 heteroatoms. The largest absolute Gasteiger partial charge is 0.508 e. The molecule has 2 atom stereocenters. The van der Waals surface area contributed by atoms with Crippen LogP contribution in [0.1, 0.15) is 72.5 Å². The molecule has 2 saturated heterocycles. The van der Waals surface area contributed by atoms with Crippen molar-refractivity contribution in [1.82, 2.24) is 30.0 Å². The minimum Gasteiger partial charge on any atom is -0.508 e. The first-order valence-corrected chi connectivity index (χ1v) is 18.1. The third-order valence-electron chi connectivity index (χ3n) is 11.1. The molecule has 2 aromatic carbocycles. The number of nitrogens with one attached hydrogen (secondary N) is 1. The summed E-state index contributed by atoms with van der Waals surface area (Å²) in [5.74, 6) is -0.774. The smallest absolute Gasteiger partial charge is 0.318 e. The lowest BCUT2D eigenvalue weighted by molar-refractivity contribution is 0.0946. The Hall–Kier alpha value is -4.59. The molecule has 0 spiro atoms. The van der Waals surface area contributed by atoms with Crippen molar-refractivity contribution >= 4 is 28.2 Å². The average molecular weight is 705 g/mol. The number of benzene rings is 2. The summed E-state index contributed by atoms with van der Waals surface area (Å²) < 4.78 is 53.5. The number of aromatic hydroxyl groups is 1. The van der Waals surface area contributed by atoms with Crippen molar-refractivity contribution < 1.29 is 27.8 Å². The number of alkyl halides is 1. The van der Waals surface area contributed by atoms with E-state index in [2.05, 4.69) is 20.2 Å². The van der Waals surface area contributed by atoms with Gasteiger partial charge in [-0.15, -0.1) is 0 Å². The SMILES string of the molecule is CCNC(=O)c1nn2c(c1F)CN(c1nc(OC[C@@]34CCCN3C[C@H](F)C4)nc3c1CCN(c1cc(O)cc4ccc(F)c(CC)c14)C3)CCC2. The molecule has 4 aliphatic heterocycles. The minimum atomic E-state index is -0.904. The van der Waals surface area contributed by atoms with E-state index in [0.29, 0.717) is 93.4 Å². The molecule has 6 heterocycles. The van der Waals surface area contributed by atoms with Crippen molar-refractivity contribution in [3.05, 3.63) is 64.1 Å². The molecule has 11 nitrogen and oxygen atoms in total. The van der Waals surface area contributed by atoms with Crippen LogP contribution in [0.15, 0.2) is 24.3 Å². The molecule has 51 heavy (non-hydrogen) atoms. The number of hydrogen-bond donors (Lipinski definition) is 2. The van der Waals surface area contributed by atoms with E-state index in [1.807, 2.05) is 11.8 Å². The van der Waals surface area contributed by atoms with Crippen LogP contribution in [0.3, 0.4) is 0 Å². The van der Waals surface area contributed by atoms with Gasteiger partial charge in [-0.3, -0.25) is 14.4 Å². The Balaban J connectivity index is 1.18. The molecular weight excluding hydrogens is 661 g/mol. The Morgan fingerprint density at radius 3 is 2.76 bits per heavy atom. The Labute approximate surface area is 294 Å². The van der Waals surface area contributed by atoms with Crippen molar-refractivity contribution in [3.63, 3.8) is 0 Å². The molecule has 0 radical (unpaired) electrons. The number of aryl methyl sites for hydroxylation is 2. The fraction of sp³-hybridized carbons (Fsp3) is 0.514. The highest BCUT2D eigenvalue weighted by Crippen LogP contribution is 2.42. The van der Waals surface area contributed by atoms with Gasteiger partial charge in [0.05, 0.1) is 30.0 Å². The van der Waals surface area contributed by atoms with E-state index in [-0.39, 0.29) is 36.4 Å². The zero-order valence-electron chi connectivity index (χ0n) is 29.0. The first-order chi connectivity index (χ1) is 24.7. The molecule has 0 bridgehead atoms. The second-order valence-corrected chi connectivity index (χ2v) is 14.2. The van der Waals surface area contributed by atoms with Gasteiger partial charge in [0.1, 0.15) is 30.2 Å². The first-order valence-electron chi connectivity index (χ1n) is 18.1. The van der Waals surface area contributed by atoms with Crippen molar-refractivity contribution in [1.29, 1.82) is 0 Å². The van der Waals surface area contributed by atoms with Gasteiger partial charge in [-0.05, 0) is 68.7 Å². The lowest BCUT2D eigenvalue weighted by Gasteiger charge is -2.35. The fourth-order valence-electron chi connectivity index (χ4n) is 8.69. The van der Waals surface area contributed by atoms with Crippen molar-refractivity contribution in [2.45, 2.75) is 83.7 Å². The molecule has 2 aromatic heterocycles. The van der Waals surface area contributed by atoms with Crippen LogP contribution < -0.4 is 19.9 Å². The highest BCUT2D eigenvalue weighted by molar-refractivity contribution is 5.98. The fourth-order valence-corrected chi connectivity index (χ4v) is 8.69. The first kappa shape index (κ1) is 33.5. The van der Waals surface area contributed by atoms with Crippen LogP contribution in [0, 0.1) is 11.6 Å². The molecule has 4 aliphatic rings. The zero-order valence-corrected chi connectivity index (χ0v) is 29.0. The maximum atomic E-state index is 15.8. The molecule has 2 N–H and O–H groups in total. The number of amides is 1. The standard InChI is InChI=1S/C37H43F3N8O3/c1-3-25-27(39)8-7-22-15-24(49)16-29(31(22)25)45-14-9-26-28(19-45)42-36(51-21-37-10-5-12-47(37)18-23(38)17-37)43-34(26)46-11-6-13-48-30(20-46)32(40)33(44-48)35(50)41-4-2/h7-8,15-16,23,49H,3-6,9-14,17-21H2,1-2H3,(H,41,50)/t23-,37+/m1/s1. The van der Waals surface area contributed by atoms with E-state index in [0.717, 1.165) is 35.7 Å². The highest BCUT2D eigenvalue weighted by atomic mass is 19.1. The van der Waals surface area contributed by atoms with Crippen LogP contribution in [0.5, 0.6) is 11.8 Å². The molecule has 270 valence electrons. The Bertz CT molecular complexity index is 2010. The van der Waals surface area contributed by atoms with E-state index < -0.39 is 23.4 Å². The van der Waals surface area contributed by atoms with E-state index in [1.165, 1.54) is 6.07 Å². The van der Waals surface area contributed by atoms with E-state index >= 15 is 8.78 Å². The maximum Gasteiger partial charge on any atom is 0.318 e. The highest BCUT2D eigenvalue weighted by Gasteiger charge is 2.49. The monoisotopic (exact) mass is 704 g/mol. The number of anilines is 2. The predicted octanol–water partition coefficient (Wildman–Crippen LogP) is 5.05. The van der Waals surface area contributed by atoms with Gasteiger partial charge >= 0.3 is 6.01 Å². The van der Waals surface area contributed by atoms with Crippen molar-refractivity contribution in [2.24, 2.45) is 0 Å². The van der Waals surface area contributed by atoms with Crippen LogP contribution in [0.25, 0.3) is 10.8 Å². The number of phenolic OH excluding ortho intramolecular Hbond substituents is 1. The molecule has 8 rings (SSSR count). The summed E-state index contributed by atoms with van der Waals surface area (Å²) in [6.07, 6.45) is 2.97. The Kier molecular flexibility index (Phi) is 8.67. The van der Waals surface area contributed by atoms with Gasteiger partial charge in [-0.2, -0.15) is 15.1 Å². The van der Waals surface area contributed by atoms with Crippen molar-refractivity contribution in [2.75, 3.05) is 49.1 Å². The lowest BCUT2D eigenvalue weighted by Crippen LogP contribution is -2.43. The van der Waals surface area contributed by atoms with Crippen LogP contribution in [0.4, 0.5) is 24.7 Å². The number of rotatable bonds is 8. The number of aromatic nitrogens is 4. The Morgan fingerprint density at radius 2 is 1.94 bits per heavy atom. The Morgan fingerprint density at radius 1 is 1.08 bits per heavy atom. The number of ether oxygens (including phenoxy) is 1. The van der Waals surface area contributed by atoms with Gasteiger partial charge in [-0.1, -0.05) is 13.0 Å². The van der Waals surface area contributed by atoms with Gasteiger partial charge in [0.2, 0.25) is 0 Å². The number of halogens is 3. The van der Waals surface area contributed by atoms with Crippen LogP contribution >= 0.6 is 0 Å². The number of nitrogens with zero attached hydrogens (tertiary/aromatic N) is 7. The zero-order chi connectivity index (χ0) is 35.4. The van der Waals surface area contributed by atoms with Gasteiger partial charge in [-0.25, -0.2) is 13.2 Å².